The van der Waals surface area contributed by atoms with E-state index in [-0.39, 0.29) is 6.42 Å². The number of methoxy groups -OCH3 is 1. The maximum absolute atomic E-state index is 13.8. The summed E-state index contributed by atoms with van der Waals surface area (Å²) in [6.45, 7) is 1.65. The number of hydrogen-bond donors (Lipinski definition) is 0. The van der Waals surface area contributed by atoms with Crippen molar-refractivity contribution < 1.29 is 9.13 Å². The molecule has 1 aromatic carbocycles. The van der Waals surface area contributed by atoms with Gasteiger partial charge in [-0.2, -0.15) is 5.26 Å². The molecular weight excluding hydrogens is 181 g/mol. The molecule has 0 aliphatic rings. The maximum Gasteiger partial charge on any atom is 0.220 e. The van der Waals surface area contributed by atoms with Gasteiger partial charge in [-0.15, -0.1) is 0 Å². The molecule has 0 aromatic heterocycles. The summed E-state index contributed by atoms with van der Waals surface area (Å²) in [4.78, 5) is 0. The van der Waals surface area contributed by atoms with Crippen LogP contribution in [0.2, 0.25) is 0 Å². The predicted octanol–water partition coefficient (Wildman–Crippen LogP) is 2.79. The van der Waals surface area contributed by atoms with E-state index in [2.05, 4.69) is 0 Å². The lowest BCUT2D eigenvalue weighted by Gasteiger charge is -2.15. The Hall–Kier alpha value is -1.56. The Morgan fingerprint density at radius 3 is 2.36 bits per heavy atom. The van der Waals surface area contributed by atoms with E-state index < -0.39 is 5.67 Å². The van der Waals surface area contributed by atoms with Crippen molar-refractivity contribution in [3.8, 4) is 11.8 Å². The van der Waals surface area contributed by atoms with Gasteiger partial charge in [-0.3, -0.25) is 0 Å². The second-order valence-corrected chi connectivity index (χ2v) is 3.00. The summed E-state index contributed by atoms with van der Waals surface area (Å²) >= 11 is 0. The number of benzene rings is 1. The van der Waals surface area contributed by atoms with Gasteiger partial charge < -0.3 is 4.74 Å². The fourth-order valence-corrected chi connectivity index (χ4v) is 1.20. The van der Waals surface area contributed by atoms with Crippen molar-refractivity contribution in [3.05, 3.63) is 29.8 Å². The molecule has 0 spiro atoms. The molecule has 0 fully saturated rings. The Morgan fingerprint density at radius 2 is 2.00 bits per heavy atom. The molecule has 1 aromatic rings. The second kappa shape index (κ2) is 4.10. The Balaban J connectivity index is 3.03. The van der Waals surface area contributed by atoms with E-state index in [1.807, 2.05) is 0 Å². The summed E-state index contributed by atoms with van der Waals surface area (Å²) in [6.07, 6.45) is 0.149. The smallest absolute Gasteiger partial charge is 0.220 e. The average Bonchev–Trinajstić information content (AvgIpc) is 2.28. The van der Waals surface area contributed by atoms with Crippen LogP contribution in [-0.4, -0.2) is 7.11 Å². The number of alkyl halides is 1. The molecule has 0 amide bonds. The van der Waals surface area contributed by atoms with Crippen LogP contribution in [0.3, 0.4) is 0 Å². The number of ether oxygens (including phenoxy) is 1. The quantitative estimate of drug-likeness (QED) is 0.739. The Labute approximate surface area is 82.9 Å². The van der Waals surface area contributed by atoms with Crippen molar-refractivity contribution in [1.29, 1.82) is 5.26 Å². The highest BCUT2D eigenvalue weighted by atomic mass is 19.1. The Bertz CT molecular complexity index is 341. The number of rotatable bonds is 3. The third kappa shape index (κ3) is 1.85. The van der Waals surface area contributed by atoms with Gasteiger partial charge in [0.25, 0.3) is 0 Å². The summed E-state index contributed by atoms with van der Waals surface area (Å²) in [6, 6.07) is 8.12. The summed E-state index contributed by atoms with van der Waals surface area (Å²) in [7, 11) is 1.54. The van der Waals surface area contributed by atoms with E-state index in [1.165, 1.54) is 0 Å². The average molecular weight is 193 g/mol. The summed E-state index contributed by atoms with van der Waals surface area (Å²) in [5.74, 6) is 0.658. The van der Waals surface area contributed by atoms with E-state index in [0.29, 0.717) is 11.3 Å². The lowest BCUT2D eigenvalue weighted by Crippen LogP contribution is -2.15. The highest BCUT2D eigenvalue weighted by Gasteiger charge is 2.29. The Kier molecular flexibility index (Phi) is 3.08. The number of hydrogen-bond acceptors (Lipinski definition) is 2. The number of nitrogens with zero attached hydrogens (tertiary/aromatic N) is 1. The van der Waals surface area contributed by atoms with Crippen molar-refractivity contribution in [2.75, 3.05) is 7.11 Å². The molecule has 0 saturated heterocycles. The lowest BCUT2D eigenvalue weighted by atomic mass is 9.95. The highest BCUT2D eigenvalue weighted by molar-refractivity contribution is 5.34. The summed E-state index contributed by atoms with van der Waals surface area (Å²) in [5, 5.41) is 8.71. The first-order valence-corrected chi connectivity index (χ1v) is 4.41. The zero-order chi connectivity index (χ0) is 10.6. The van der Waals surface area contributed by atoms with Crippen LogP contribution >= 0.6 is 0 Å². The molecule has 0 radical (unpaired) electrons. The largest absolute Gasteiger partial charge is 0.497 e. The monoisotopic (exact) mass is 193 g/mol. The zero-order valence-corrected chi connectivity index (χ0v) is 8.25. The molecule has 0 unspecified atom stereocenters. The van der Waals surface area contributed by atoms with Crippen LogP contribution in [-0.2, 0) is 5.67 Å². The zero-order valence-electron chi connectivity index (χ0n) is 8.25. The highest BCUT2D eigenvalue weighted by Crippen LogP contribution is 2.29. The topological polar surface area (TPSA) is 33.0 Å². The minimum absolute atomic E-state index is 0.149. The third-order valence-corrected chi connectivity index (χ3v) is 2.21. The fraction of sp³-hybridized carbons (Fsp3) is 0.364. The van der Waals surface area contributed by atoms with E-state index in [0.717, 1.165) is 0 Å². The molecule has 1 atom stereocenters. The normalized spacial score (nSPS) is 14.1. The second-order valence-electron chi connectivity index (χ2n) is 3.00. The molecule has 74 valence electrons. The molecule has 0 bridgehead atoms. The van der Waals surface area contributed by atoms with Crippen LogP contribution < -0.4 is 4.74 Å². The van der Waals surface area contributed by atoms with Crippen LogP contribution in [0.25, 0.3) is 0 Å². The van der Waals surface area contributed by atoms with Gasteiger partial charge in [0.2, 0.25) is 5.67 Å². The van der Waals surface area contributed by atoms with Crippen LogP contribution in [0.4, 0.5) is 4.39 Å². The molecule has 2 nitrogen and oxygen atoms in total. The predicted molar refractivity (Wildman–Crippen MR) is 51.7 cm³/mol. The van der Waals surface area contributed by atoms with Crippen molar-refractivity contribution in [3.63, 3.8) is 0 Å². The van der Waals surface area contributed by atoms with E-state index >= 15 is 0 Å². The molecule has 1 rings (SSSR count). The van der Waals surface area contributed by atoms with Crippen molar-refractivity contribution in [1.82, 2.24) is 0 Å². The molecule has 0 aliphatic heterocycles. The standard InChI is InChI=1S/C11H12FNO/c1-3-11(12,8-13)9-4-6-10(14-2)7-5-9/h4-7H,3H2,1-2H3/t11-/m0/s1. The first-order valence-electron chi connectivity index (χ1n) is 4.41. The number of nitriles is 1. The number of halogens is 1. The van der Waals surface area contributed by atoms with Crippen molar-refractivity contribution in [2.24, 2.45) is 0 Å². The molecule has 14 heavy (non-hydrogen) atoms. The molecule has 0 N–H and O–H groups in total. The lowest BCUT2D eigenvalue weighted by molar-refractivity contribution is 0.236. The molecule has 0 aliphatic carbocycles. The van der Waals surface area contributed by atoms with Crippen LogP contribution in [0.1, 0.15) is 18.9 Å². The summed E-state index contributed by atoms with van der Waals surface area (Å²) in [5.41, 5.74) is -1.50. The maximum atomic E-state index is 13.8. The van der Waals surface area contributed by atoms with E-state index in [1.54, 1.807) is 44.4 Å². The van der Waals surface area contributed by atoms with Crippen LogP contribution in [0, 0.1) is 11.3 Å². The minimum Gasteiger partial charge on any atom is -0.497 e. The van der Waals surface area contributed by atoms with Gasteiger partial charge in [-0.25, -0.2) is 4.39 Å². The van der Waals surface area contributed by atoms with Crippen molar-refractivity contribution in [2.45, 2.75) is 19.0 Å². The first-order chi connectivity index (χ1) is 6.66. The van der Waals surface area contributed by atoms with Gasteiger partial charge in [0.15, 0.2) is 0 Å². The minimum atomic E-state index is -1.88. The van der Waals surface area contributed by atoms with E-state index in [4.69, 9.17) is 10.00 Å². The van der Waals surface area contributed by atoms with Gasteiger partial charge >= 0.3 is 0 Å². The first kappa shape index (κ1) is 10.5. The van der Waals surface area contributed by atoms with E-state index in [9.17, 15) is 4.39 Å². The summed E-state index contributed by atoms with van der Waals surface area (Å²) < 4.78 is 18.8. The SMILES string of the molecule is CC[C@](F)(C#N)c1ccc(OC)cc1. The molecule has 0 heterocycles. The van der Waals surface area contributed by atoms with Crippen LogP contribution in [0.5, 0.6) is 5.75 Å². The van der Waals surface area contributed by atoms with Crippen molar-refractivity contribution >= 4 is 0 Å². The fourth-order valence-electron chi connectivity index (χ4n) is 1.20. The van der Waals surface area contributed by atoms with Gasteiger partial charge in [0.1, 0.15) is 11.8 Å². The Morgan fingerprint density at radius 1 is 1.43 bits per heavy atom. The van der Waals surface area contributed by atoms with Gasteiger partial charge in [-0.05, 0) is 18.6 Å². The van der Waals surface area contributed by atoms with Crippen LogP contribution in [0.15, 0.2) is 24.3 Å². The third-order valence-electron chi connectivity index (χ3n) is 2.21. The molecule has 0 saturated carbocycles. The molecular formula is C11H12FNO. The van der Waals surface area contributed by atoms with Gasteiger partial charge in [0, 0.05) is 5.56 Å². The molecule has 3 heteroatoms. The van der Waals surface area contributed by atoms with Gasteiger partial charge in [-0.1, -0.05) is 19.1 Å². The van der Waals surface area contributed by atoms with Gasteiger partial charge in [0.05, 0.1) is 7.11 Å².